The summed E-state index contributed by atoms with van der Waals surface area (Å²) in [5.74, 6) is 0.870. The summed E-state index contributed by atoms with van der Waals surface area (Å²) in [6, 6.07) is 13.9. The van der Waals surface area contributed by atoms with Gasteiger partial charge in [0.05, 0.1) is 18.2 Å². The third-order valence-corrected chi connectivity index (χ3v) is 4.98. The maximum absolute atomic E-state index is 13.1. The fourth-order valence-electron chi connectivity index (χ4n) is 3.38. The molecule has 1 fully saturated rings. The number of benzene rings is 2. The number of nitrogens with zero attached hydrogens (tertiary/aromatic N) is 1. The number of fused-ring (bicyclic) bond motifs is 2. The van der Waals surface area contributed by atoms with Crippen LogP contribution in [0.2, 0.25) is 5.02 Å². The smallest absolute Gasteiger partial charge is 0.325 e. The van der Waals surface area contributed by atoms with Crippen molar-refractivity contribution in [3.05, 3.63) is 59.1 Å². The molecule has 0 aliphatic carbocycles. The number of para-hydroxylation sites is 2. The van der Waals surface area contributed by atoms with Crippen LogP contribution in [0.1, 0.15) is 12.0 Å². The van der Waals surface area contributed by atoms with Crippen molar-refractivity contribution in [1.29, 1.82) is 0 Å². The molecule has 26 heavy (non-hydrogen) atoms. The number of imide groups is 1. The summed E-state index contributed by atoms with van der Waals surface area (Å²) in [5, 5.41) is 3.35. The molecule has 2 heterocycles. The predicted molar refractivity (Wildman–Crippen MR) is 95.4 cm³/mol. The van der Waals surface area contributed by atoms with E-state index in [1.54, 1.807) is 24.3 Å². The Morgan fingerprint density at radius 2 is 1.92 bits per heavy atom. The van der Waals surface area contributed by atoms with Crippen LogP contribution in [0.3, 0.4) is 0 Å². The zero-order chi connectivity index (χ0) is 18.1. The van der Waals surface area contributed by atoms with Gasteiger partial charge in [0.15, 0.2) is 5.54 Å². The maximum atomic E-state index is 13.1. The van der Waals surface area contributed by atoms with Gasteiger partial charge in [-0.1, -0.05) is 41.9 Å². The second-order valence-electron chi connectivity index (χ2n) is 6.17. The number of carbonyl (C=O) groups excluding carboxylic acids is 2. The van der Waals surface area contributed by atoms with Gasteiger partial charge in [-0.2, -0.15) is 0 Å². The number of ether oxygens (including phenoxy) is 2. The molecule has 134 valence electrons. The van der Waals surface area contributed by atoms with E-state index in [1.807, 2.05) is 24.3 Å². The molecule has 4 rings (SSSR count). The first-order valence-electron chi connectivity index (χ1n) is 8.35. The van der Waals surface area contributed by atoms with Crippen LogP contribution < -0.4 is 14.8 Å². The minimum atomic E-state index is -1.06. The third kappa shape index (κ3) is 2.66. The highest BCUT2D eigenvalue weighted by molar-refractivity contribution is 6.32. The van der Waals surface area contributed by atoms with Crippen LogP contribution in [0, 0.1) is 0 Å². The molecule has 1 N–H and O–H groups in total. The molecular formula is C19H17ClN2O4. The Balaban J connectivity index is 1.51. The number of hydrogen-bond acceptors (Lipinski definition) is 4. The molecule has 0 unspecified atom stereocenters. The fraction of sp³-hybridized carbons (Fsp3) is 0.263. The molecule has 2 aliphatic heterocycles. The van der Waals surface area contributed by atoms with Gasteiger partial charge in [0, 0.05) is 12.0 Å². The van der Waals surface area contributed by atoms with Gasteiger partial charge in [-0.25, -0.2) is 4.79 Å². The molecule has 7 heteroatoms. The highest BCUT2D eigenvalue weighted by Gasteiger charge is 2.54. The highest BCUT2D eigenvalue weighted by Crippen LogP contribution is 2.40. The minimum Gasteiger partial charge on any atom is -0.493 e. The summed E-state index contributed by atoms with van der Waals surface area (Å²) in [7, 11) is 0. The molecule has 0 saturated carbocycles. The fourth-order valence-corrected chi connectivity index (χ4v) is 3.57. The Labute approximate surface area is 155 Å². The number of halogens is 1. The molecule has 2 aromatic carbocycles. The van der Waals surface area contributed by atoms with Crippen LogP contribution in [0.15, 0.2) is 48.5 Å². The number of hydrogen-bond donors (Lipinski definition) is 1. The molecule has 1 spiro atoms. The van der Waals surface area contributed by atoms with E-state index in [-0.39, 0.29) is 19.1 Å². The lowest BCUT2D eigenvalue weighted by Gasteiger charge is -2.33. The van der Waals surface area contributed by atoms with Crippen molar-refractivity contribution in [2.75, 3.05) is 19.8 Å². The molecule has 1 saturated heterocycles. The molecule has 0 radical (unpaired) electrons. The third-order valence-electron chi connectivity index (χ3n) is 4.67. The molecule has 3 amide bonds. The Morgan fingerprint density at radius 1 is 1.15 bits per heavy atom. The molecule has 2 aliphatic rings. The van der Waals surface area contributed by atoms with Crippen molar-refractivity contribution >= 4 is 23.5 Å². The number of amides is 3. The summed E-state index contributed by atoms with van der Waals surface area (Å²) in [5.41, 5.74) is -0.366. The van der Waals surface area contributed by atoms with Gasteiger partial charge in [0.25, 0.3) is 5.91 Å². The largest absolute Gasteiger partial charge is 0.493 e. The Bertz CT molecular complexity index is 872. The van der Waals surface area contributed by atoms with Crippen LogP contribution in [0.4, 0.5) is 4.79 Å². The second-order valence-corrected chi connectivity index (χ2v) is 6.57. The SMILES string of the molecule is O=C1N[C@]2(CCOc3ccccc32)C(=O)N1CCOc1ccccc1Cl. The Kier molecular flexibility index (Phi) is 4.20. The second kappa shape index (κ2) is 6.53. The van der Waals surface area contributed by atoms with Crippen molar-refractivity contribution in [3.63, 3.8) is 0 Å². The minimum absolute atomic E-state index is 0.140. The maximum Gasteiger partial charge on any atom is 0.325 e. The van der Waals surface area contributed by atoms with E-state index in [9.17, 15) is 9.59 Å². The van der Waals surface area contributed by atoms with Crippen LogP contribution in [-0.4, -0.2) is 36.6 Å². The molecule has 1 atom stereocenters. The zero-order valence-corrected chi connectivity index (χ0v) is 14.7. The van der Waals surface area contributed by atoms with Gasteiger partial charge in [0.1, 0.15) is 18.1 Å². The summed E-state index contributed by atoms with van der Waals surface area (Å²) >= 11 is 6.05. The first-order valence-corrected chi connectivity index (χ1v) is 8.73. The van der Waals surface area contributed by atoms with E-state index in [2.05, 4.69) is 5.32 Å². The number of rotatable bonds is 4. The van der Waals surface area contributed by atoms with Gasteiger partial charge in [-0.05, 0) is 18.2 Å². The molecule has 0 bridgehead atoms. The number of nitrogens with one attached hydrogen (secondary N) is 1. The van der Waals surface area contributed by atoms with Crippen molar-refractivity contribution < 1.29 is 19.1 Å². The summed E-state index contributed by atoms with van der Waals surface area (Å²) < 4.78 is 11.2. The summed E-state index contributed by atoms with van der Waals surface area (Å²) in [6.07, 6.45) is 0.399. The monoisotopic (exact) mass is 372 g/mol. The van der Waals surface area contributed by atoms with E-state index in [1.165, 1.54) is 4.90 Å². The van der Waals surface area contributed by atoms with E-state index < -0.39 is 11.6 Å². The standard InChI is InChI=1S/C19H17ClN2O4/c20-14-6-2-4-8-16(14)26-12-10-22-17(23)19(21-18(22)24)9-11-25-15-7-3-1-5-13(15)19/h1-8H,9-12H2,(H,21,24)/t19-/m0/s1. The van der Waals surface area contributed by atoms with E-state index >= 15 is 0 Å². The molecule has 0 aromatic heterocycles. The molecular weight excluding hydrogens is 356 g/mol. The van der Waals surface area contributed by atoms with E-state index in [0.717, 1.165) is 0 Å². The average molecular weight is 373 g/mol. The van der Waals surface area contributed by atoms with Gasteiger partial charge in [-0.15, -0.1) is 0 Å². The number of urea groups is 1. The van der Waals surface area contributed by atoms with Crippen LogP contribution >= 0.6 is 11.6 Å². The molecule has 6 nitrogen and oxygen atoms in total. The Morgan fingerprint density at radius 3 is 2.77 bits per heavy atom. The first-order chi connectivity index (χ1) is 12.6. The van der Waals surface area contributed by atoms with Crippen molar-refractivity contribution in [2.45, 2.75) is 12.0 Å². The quantitative estimate of drug-likeness (QED) is 0.838. The predicted octanol–water partition coefficient (Wildman–Crippen LogP) is 2.95. The van der Waals surface area contributed by atoms with E-state index in [0.29, 0.717) is 35.1 Å². The average Bonchev–Trinajstić information content (AvgIpc) is 2.88. The lowest BCUT2D eigenvalue weighted by atomic mass is 9.84. The van der Waals surface area contributed by atoms with Crippen LogP contribution in [0.25, 0.3) is 0 Å². The summed E-state index contributed by atoms with van der Waals surface area (Å²) in [6.45, 7) is 0.671. The van der Waals surface area contributed by atoms with Crippen molar-refractivity contribution in [3.8, 4) is 11.5 Å². The van der Waals surface area contributed by atoms with Gasteiger partial charge in [0.2, 0.25) is 0 Å². The van der Waals surface area contributed by atoms with Crippen LogP contribution in [-0.2, 0) is 10.3 Å². The van der Waals surface area contributed by atoms with Gasteiger partial charge < -0.3 is 14.8 Å². The lowest BCUT2D eigenvalue weighted by Crippen LogP contribution is -2.47. The van der Waals surface area contributed by atoms with Crippen molar-refractivity contribution in [1.82, 2.24) is 10.2 Å². The summed E-state index contributed by atoms with van der Waals surface area (Å²) in [4.78, 5) is 26.7. The Hall–Kier alpha value is -2.73. The van der Waals surface area contributed by atoms with E-state index in [4.69, 9.17) is 21.1 Å². The normalized spacial score (nSPS) is 21.3. The lowest BCUT2D eigenvalue weighted by molar-refractivity contribution is -0.132. The first kappa shape index (κ1) is 16.7. The number of carbonyl (C=O) groups is 2. The molecule has 2 aromatic rings. The van der Waals surface area contributed by atoms with Gasteiger partial charge in [-0.3, -0.25) is 9.69 Å². The van der Waals surface area contributed by atoms with Crippen molar-refractivity contribution in [2.24, 2.45) is 0 Å². The zero-order valence-electron chi connectivity index (χ0n) is 13.9. The highest BCUT2D eigenvalue weighted by atomic mass is 35.5. The topological polar surface area (TPSA) is 67.9 Å². The van der Waals surface area contributed by atoms with Gasteiger partial charge >= 0.3 is 6.03 Å². The van der Waals surface area contributed by atoms with Crippen LogP contribution in [0.5, 0.6) is 11.5 Å².